The van der Waals surface area contributed by atoms with E-state index in [-0.39, 0.29) is 11.8 Å². The molecule has 0 saturated heterocycles. The van der Waals surface area contributed by atoms with Crippen LogP contribution >= 0.6 is 0 Å². The molecule has 0 atom stereocenters. The second-order valence-corrected chi connectivity index (χ2v) is 9.58. The van der Waals surface area contributed by atoms with E-state index in [4.69, 9.17) is 14.6 Å². The van der Waals surface area contributed by atoms with Crippen LogP contribution in [-0.2, 0) is 16.1 Å². The van der Waals surface area contributed by atoms with E-state index in [1.54, 1.807) is 6.08 Å². The summed E-state index contributed by atoms with van der Waals surface area (Å²) < 4.78 is 11.4. The molecule has 2 aliphatic rings. The fourth-order valence-electron chi connectivity index (χ4n) is 5.04. The molecule has 1 N–H and O–H groups in total. The molecule has 3 aromatic carbocycles. The Balaban J connectivity index is 1.40. The Morgan fingerprint density at radius 2 is 1.59 bits per heavy atom. The minimum Gasteiger partial charge on any atom is -0.486 e. The van der Waals surface area contributed by atoms with Crippen LogP contribution in [-0.4, -0.2) is 30.2 Å². The van der Waals surface area contributed by atoms with Crippen LogP contribution in [0.3, 0.4) is 0 Å². The highest BCUT2D eigenvalue weighted by Gasteiger charge is 2.27. The van der Waals surface area contributed by atoms with Gasteiger partial charge in [-0.2, -0.15) is 0 Å². The van der Waals surface area contributed by atoms with Gasteiger partial charge in [-0.15, -0.1) is 0 Å². The third-order valence-corrected chi connectivity index (χ3v) is 6.99. The summed E-state index contributed by atoms with van der Waals surface area (Å²) in [4.78, 5) is 26.5. The first-order valence-electron chi connectivity index (χ1n) is 12.9. The molecule has 1 fully saturated rings. The lowest BCUT2D eigenvalue weighted by atomic mass is 9.88. The smallest absolute Gasteiger partial charge is 0.328 e. The van der Waals surface area contributed by atoms with Crippen LogP contribution in [0.1, 0.15) is 43.2 Å². The Kier molecular flexibility index (Phi) is 7.54. The van der Waals surface area contributed by atoms with E-state index in [1.165, 1.54) is 6.42 Å². The second-order valence-electron chi connectivity index (χ2n) is 9.58. The van der Waals surface area contributed by atoms with Crippen LogP contribution in [0.2, 0.25) is 0 Å². The number of amides is 1. The monoisotopic (exact) mass is 497 g/mol. The van der Waals surface area contributed by atoms with Crippen molar-refractivity contribution in [3.63, 3.8) is 0 Å². The van der Waals surface area contributed by atoms with Crippen LogP contribution in [0, 0.1) is 5.92 Å². The third kappa shape index (κ3) is 6.02. The summed E-state index contributed by atoms with van der Waals surface area (Å²) in [6, 6.07) is 21.7. The molecule has 3 aromatic rings. The minimum atomic E-state index is -1.00. The van der Waals surface area contributed by atoms with Gasteiger partial charge < -0.3 is 19.5 Å². The number of benzene rings is 3. The van der Waals surface area contributed by atoms with E-state index >= 15 is 0 Å². The number of aliphatic carboxylic acids is 1. The number of ether oxygens (including phenoxy) is 2. The van der Waals surface area contributed by atoms with Crippen molar-refractivity contribution in [2.45, 2.75) is 38.6 Å². The summed E-state index contributed by atoms with van der Waals surface area (Å²) in [7, 11) is 0. The zero-order chi connectivity index (χ0) is 25.6. The lowest BCUT2D eigenvalue weighted by Gasteiger charge is -2.30. The highest BCUT2D eigenvalue weighted by atomic mass is 16.6. The molecule has 0 spiro atoms. The quantitative estimate of drug-likeness (QED) is 0.386. The lowest BCUT2D eigenvalue weighted by molar-refractivity contribution is -0.131. The Labute approximate surface area is 217 Å². The molecular formula is C31H31NO5. The average molecular weight is 498 g/mol. The fourth-order valence-corrected chi connectivity index (χ4v) is 5.04. The zero-order valence-corrected chi connectivity index (χ0v) is 20.8. The molecule has 5 rings (SSSR count). The van der Waals surface area contributed by atoms with Gasteiger partial charge in [0.1, 0.15) is 13.2 Å². The van der Waals surface area contributed by atoms with Gasteiger partial charge in [0.15, 0.2) is 11.5 Å². The van der Waals surface area contributed by atoms with E-state index in [2.05, 4.69) is 24.3 Å². The Bertz CT molecular complexity index is 1290. The van der Waals surface area contributed by atoms with Crippen LogP contribution in [0.4, 0.5) is 5.69 Å². The molecule has 0 unspecified atom stereocenters. The van der Waals surface area contributed by atoms with Crippen LogP contribution < -0.4 is 14.4 Å². The van der Waals surface area contributed by atoms with Gasteiger partial charge in [0.2, 0.25) is 5.91 Å². The minimum absolute atomic E-state index is 0.0176. The molecule has 190 valence electrons. The van der Waals surface area contributed by atoms with Crippen molar-refractivity contribution in [3.8, 4) is 22.6 Å². The van der Waals surface area contributed by atoms with Crippen molar-refractivity contribution in [1.82, 2.24) is 0 Å². The Hall–Kier alpha value is -4.06. The predicted octanol–water partition coefficient (Wildman–Crippen LogP) is 6.34. The van der Waals surface area contributed by atoms with Crippen molar-refractivity contribution < 1.29 is 24.2 Å². The van der Waals surface area contributed by atoms with E-state index < -0.39 is 5.97 Å². The van der Waals surface area contributed by atoms with Crippen LogP contribution in [0.15, 0.2) is 72.8 Å². The van der Waals surface area contributed by atoms with E-state index in [9.17, 15) is 9.59 Å². The van der Waals surface area contributed by atoms with Gasteiger partial charge in [0.25, 0.3) is 0 Å². The van der Waals surface area contributed by atoms with E-state index in [1.807, 2.05) is 47.4 Å². The molecule has 1 aliphatic heterocycles. The molecule has 6 nitrogen and oxygen atoms in total. The van der Waals surface area contributed by atoms with Crippen molar-refractivity contribution in [1.29, 1.82) is 0 Å². The van der Waals surface area contributed by atoms with Gasteiger partial charge in [-0.05, 0) is 65.4 Å². The lowest BCUT2D eigenvalue weighted by Crippen LogP contribution is -2.36. The number of hydrogen-bond acceptors (Lipinski definition) is 4. The second kappa shape index (κ2) is 11.3. The van der Waals surface area contributed by atoms with Gasteiger partial charge in [-0.3, -0.25) is 4.79 Å². The fraction of sp³-hybridized carbons (Fsp3) is 0.290. The molecule has 37 heavy (non-hydrogen) atoms. The van der Waals surface area contributed by atoms with Crippen molar-refractivity contribution in [2.24, 2.45) is 5.92 Å². The maximum atomic E-state index is 13.7. The summed E-state index contributed by atoms with van der Waals surface area (Å²) in [5.41, 5.74) is 4.65. The van der Waals surface area contributed by atoms with Gasteiger partial charge in [-0.1, -0.05) is 61.7 Å². The topological polar surface area (TPSA) is 76.1 Å². The molecule has 0 radical (unpaired) electrons. The first-order chi connectivity index (χ1) is 18.1. The standard InChI is InChI=1S/C31H31NO5/c33-30(34)16-11-22-5-4-8-27(19-22)32(31(35)25-6-2-1-3-7-25)21-23-9-12-24(13-10-23)26-14-15-28-29(20-26)37-18-17-36-28/h4-5,8-16,19-20,25H,1-3,6-7,17-18,21H2,(H,33,34). The molecule has 1 heterocycles. The highest BCUT2D eigenvalue weighted by Crippen LogP contribution is 2.35. The summed E-state index contributed by atoms with van der Waals surface area (Å²) in [6.07, 6.45) is 7.83. The van der Waals surface area contributed by atoms with E-state index in [0.29, 0.717) is 19.8 Å². The Morgan fingerprint density at radius 1 is 0.865 bits per heavy atom. The number of fused-ring (bicyclic) bond motifs is 1. The maximum absolute atomic E-state index is 13.7. The molecular weight excluding hydrogens is 466 g/mol. The largest absolute Gasteiger partial charge is 0.486 e. The summed E-state index contributed by atoms with van der Waals surface area (Å²) in [5, 5.41) is 9.01. The van der Waals surface area contributed by atoms with E-state index in [0.717, 1.165) is 71.2 Å². The Morgan fingerprint density at radius 3 is 2.35 bits per heavy atom. The number of carboxylic acid groups (broad SMARTS) is 1. The van der Waals surface area contributed by atoms with Crippen LogP contribution in [0.5, 0.6) is 11.5 Å². The zero-order valence-electron chi connectivity index (χ0n) is 20.8. The molecule has 0 bridgehead atoms. The van der Waals surface area contributed by atoms with Crippen LogP contribution in [0.25, 0.3) is 17.2 Å². The van der Waals surface area contributed by atoms with Crippen molar-refractivity contribution in [2.75, 3.05) is 18.1 Å². The predicted molar refractivity (Wildman–Crippen MR) is 144 cm³/mol. The third-order valence-electron chi connectivity index (χ3n) is 6.99. The molecule has 1 aliphatic carbocycles. The summed E-state index contributed by atoms with van der Waals surface area (Å²) >= 11 is 0. The first kappa shape index (κ1) is 24.6. The van der Waals surface area contributed by atoms with Gasteiger partial charge >= 0.3 is 5.97 Å². The summed E-state index contributed by atoms with van der Waals surface area (Å²) in [6.45, 7) is 1.56. The number of nitrogens with zero attached hydrogens (tertiary/aromatic N) is 1. The number of carboxylic acids is 1. The SMILES string of the molecule is O=C(O)C=Cc1cccc(N(Cc2ccc(-c3ccc4c(c3)OCCO4)cc2)C(=O)C2CCCCC2)c1. The first-order valence-corrected chi connectivity index (χ1v) is 12.9. The number of anilines is 1. The van der Waals surface area contributed by atoms with Gasteiger partial charge in [0.05, 0.1) is 6.54 Å². The van der Waals surface area contributed by atoms with Gasteiger partial charge in [0, 0.05) is 17.7 Å². The normalized spacial score (nSPS) is 15.5. The number of rotatable bonds is 7. The molecule has 6 heteroatoms. The average Bonchev–Trinajstić information content (AvgIpc) is 2.95. The molecule has 0 aromatic heterocycles. The number of hydrogen-bond donors (Lipinski definition) is 1. The molecule has 1 saturated carbocycles. The van der Waals surface area contributed by atoms with Crippen molar-refractivity contribution >= 4 is 23.6 Å². The van der Waals surface area contributed by atoms with Gasteiger partial charge in [-0.25, -0.2) is 4.79 Å². The number of carbonyl (C=O) groups excluding carboxylic acids is 1. The van der Waals surface area contributed by atoms with Crippen molar-refractivity contribution in [3.05, 3.63) is 83.9 Å². The maximum Gasteiger partial charge on any atom is 0.328 e. The summed E-state index contributed by atoms with van der Waals surface area (Å²) in [5.74, 6) is 0.676. The highest BCUT2D eigenvalue weighted by molar-refractivity contribution is 5.95. The molecule has 1 amide bonds. The number of carbonyl (C=O) groups is 2.